The molecule has 0 saturated heterocycles. The van der Waals surface area contributed by atoms with Crippen LogP contribution in [0.25, 0.3) is 0 Å². The van der Waals surface area contributed by atoms with Gasteiger partial charge in [-0.3, -0.25) is 4.79 Å². The summed E-state index contributed by atoms with van der Waals surface area (Å²) in [6.45, 7) is 6.77. The summed E-state index contributed by atoms with van der Waals surface area (Å²) >= 11 is 0. The topological polar surface area (TPSA) is 38.8 Å². The van der Waals surface area contributed by atoms with Gasteiger partial charge in [0.05, 0.1) is 19.9 Å². The third kappa shape index (κ3) is 2.47. The first kappa shape index (κ1) is 14.7. The molecule has 2 rings (SSSR count). The summed E-state index contributed by atoms with van der Waals surface area (Å²) in [6.07, 6.45) is 0.990. The Morgan fingerprint density at radius 2 is 2.10 bits per heavy atom. The Morgan fingerprint density at radius 1 is 1.40 bits per heavy atom. The maximum Gasteiger partial charge on any atom is 0.325 e. The highest BCUT2D eigenvalue weighted by atomic mass is 16.5. The van der Waals surface area contributed by atoms with Crippen molar-refractivity contribution in [3.8, 4) is 5.75 Å². The summed E-state index contributed by atoms with van der Waals surface area (Å²) in [5.41, 5.74) is 2.13. The first-order valence-electron chi connectivity index (χ1n) is 6.92. The Morgan fingerprint density at radius 3 is 2.70 bits per heavy atom. The number of nitrogens with zero attached hydrogens (tertiary/aromatic N) is 1. The van der Waals surface area contributed by atoms with E-state index in [9.17, 15) is 4.79 Å². The van der Waals surface area contributed by atoms with Gasteiger partial charge in [-0.15, -0.1) is 0 Å². The second kappa shape index (κ2) is 5.35. The fourth-order valence-corrected chi connectivity index (χ4v) is 3.15. The molecule has 4 heteroatoms. The van der Waals surface area contributed by atoms with Crippen molar-refractivity contribution in [2.24, 2.45) is 0 Å². The fourth-order valence-electron chi connectivity index (χ4n) is 3.15. The molecule has 0 spiro atoms. The van der Waals surface area contributed by atoms with Crippen molar-refractivity contribution in [1.29, 1.82) is 0 Å². The van der Waals surface area contributed by atoms with Crippen LogP contribution in [0, 0.1) is 0 Å². The zero-order valence-corrected chi connectivity index (χ0v) is 12.9. The smallest absolute Gasteiger partial charge is 0.325 e. The lowest BCUT2D eigenvalue weighted by molar-refractivity contribution is -0.139. The molecule has 0 aliphatic carbocycles. The van der Waals surface area contributed by atoms with E-state index in [1.165, 1.54) is 12.7 Å². The highest BCUT2D eigenvalue weighted by Gasteiger charge is 2.39. The van der Waals surface area contributed by atoms with Crippen molar-refractivity contribution in [1.82, 2.24) is 0 Å². The maximum atomic E-state index is 11.8. The number of hydrogen-bond donors (Lipinski definition) is 0. The molecule has 0 N–H and O–H groups in total. The number of para-hydroxylation sites is 1. The highest BCUT2D eigenvalue weighted by molar-refractivity contribution is 5.79. The van der Waals surface area contributed by atoms with Gasteiger partial charge in [-0.1, -0.05) is 19.1 Å². The number of rotatable bonds is 3. The van der Waals surface area contributed by atoms with E-state index in [2.05, 4.69) is 31.7 Å². The number of benzene rings is 1. The molecule has 0 amide bonds. The number of esters is 1. The lowest BCUT2D eigenvalue weighted by atomic mass is 9.80. The van der Waals surface area contributed by atoms with Crippen LogP contribution in [-0.4, -0.2) is 32.3 Å². The van der Waals surface area contributed by atoms with Gasteiger partial charge in [0.2, 0.25) is 0 Å². The van der Waals surface area contributed by atoms with Crippen LogP contribution >= 0.6 is 0 Å². The summed E-state index contributed by atoms with van der Waals surface area (Å²) in [5, 5.41) is 0. The van der Waals surface area contributed by atoms with Crippen LogP contribution in [0.3, 0.4) is 0 Å². The van der Waals surface area contributed by atoms with Gasteiger partial charge in [0.25, 0.3) is 0 Å². The van der Waals surface area contributed by atoms with Crippen LogP contribution in [0.15, 0.2) is 18.2 Å². The van der Waals surface area contributed by atoms with E-state index in [-0.39, 0.29) is 18.1 Å². The summed E-state index contributed by atoms with van der Waals surface area (Å²) in [5.74, 6) is 1.01. The number of ether oxygens (including phenoxy) is 2. The second-order valence-corrected chi connectivity index (χ2v) is 5.98. The van der Waals surface area contributed by atoms with Crippen LogP contribution < -0.4 is 9.64 Å². The van der Waals surface area contributed by atoms with Crippen molar-refractivity contribution < 1.29 is 14.3 Å². The van der Waals surface area contributed by atoms with E-state index in [1.54, 1.807) is 7.11 Å². The minimum Gasteiger partial charge on any atom is -0.495 e. The van der Waals surface area contributed by atoms with Crippen molar-refractivity contribution in [3.05, 3.63) is 23.8 Å². The molecule has 0 radical (unpaired) electrons. The fraction of sp³-hybridized carbons (Fsp3) is 0.562. The highest BCUT2D eigenvalue weighted by Crippen LogP contribution is 2.47. The summed E-state index contributed by atoms with van der Waals surface area (Å²) in [7, 11) is 3.09. The van der Waals surface area contributed by atoms with Gasteiger partial charge in [-0.05, 0) is 37.8 Å². The molecule has 4 nitrogen and oxygen atoms in total. The van der Waals surface area contributed by atoms with Crippen LogP contribution in [0.4, 0.5) is 5.69 Å². The molecule has 1 atom stereocenters. The first-order valence-corrected chi connectivity index (χ1v) is 6.92. The lowest BCUT2D eigenvalue weighted by Crippen LogP contribution is -2.50. The van der Waals surface area contributed by atoms with E-state index < -0.39 is 0 Å². The predicted octanol–water partition coefficient (Wildman–Crippen LogP) is 2.96. The average molecular weight is 277 g/mol. The quantitative estimate of drug-likeness (QED) is 0.796. The number of methoxy groups -OCH3 is 2. The molecule has 0 aromatic heterocycles. The first-order chi connectivity index (χ1) is 9.40. The molecule has 1 heterocycles. The summed E-state index contributed by atoms with van der Waals surface area (Å²) in [4.78, 5) is 13.9. The SMILES string of the molecule is COC(=O)CN1c2c(OC)cccc2[C@H](C)CC1(C)C. The molecule has 1 aliphatic heterocycles. The second-order valence-electron chi connectivity index (χ2n) is 5.98. The van der Waals surface area contributed by atoms with Crippen LogP contribution in [-0.2, 0) is 9.53 Å². The summed E-state index contributed by atoms with van der Waals surface area (Å²) in [6, 6.07) is 6.06. The summed E-state index contributed by atoms with van der Waals surface area (Å²) < 4.78 is 10.3. The van der Waals surface area contributed by atoms with E-state index in [0.717, 1.165) is 17.9 Å². The van der Waals surface area contributed by atoms with Gasteiger partial charge in [-0.2, -0.15) is 0 Å². The molecule has 110 valence electrons. The zero-order chi connectivity index (χ0) is 14.9. The minimum absolute atomic E-state index is 0.116. The Hall–Kier alpha value is -1.71. The molecule has 0 saturated carbocycles. The molecule has 20 heavy (non-hydrogen) atoms. The molecular weight excluding hydrogens is 254 g/mol. The van der Waals surface area contributed by atoms with Crippen molar-refractivity contribution in [2.75, 3.05) is 25.7 Å². The van der Waals surface area contributed by atoms with Crippen LogP contribution in [0.5, 0.6) is 5.75 Å². The Kier molecular flexibility index (Phi) is 3.93. The molecule has 0 fully saturated rings. The van der Waals surface area contributed by atoms with Gasteiger partial charge < -0.3 is 14.4 Å². The lowest BCUT2D eigenvalue weighted by Gasteiger charge is -2.47. The number of fused-ring (bicyclic) bond motifs is 1. The number of carbonyl (C=O) groups is 1. The average Bonchev–Trinajstić information content (AvgIpc) is 2.41. The van der Waals surface area contributed by atoms with E-state index >= 15 is 0 Å². The van der Waals surface area contributed by atoms with Crippen molar-refractivity contribution in [3.63, 3.8) is 0 Å². The monoisotopic (exact) mass is 277 g/mol. The zero-order valence-electron chi connectivity index (χ0n) is 12.9. The normalized spacial score (nSPS) is 20.2. The third-order valence-corrected chi connectivity index (χ3v) is 4.10. The number of anilines is 1. The standard InChI is InChI=1S/C16H23NO3/c1-11-9-16(2,3)17(10-14(18)20-5)15-12(11)7-6-8-13(15)19-4/h6-8,11H,9-10H2,1-5H3/t11-/m1/s1. The van der Waals surface area contributed by atoms with Gasteiger partial charge in [0, 0.05) is 5.54 Å². The molecule has 0 unspecified atom stereocenters. The molecule has 1 aromatic carbocycles. The van der Waals surface area contributed by atoms with Crippen molar-refractivity contribution >= 4 is 11.7 Å². The van der Waals surface area contributed by atoms with E-state index in [4.69, 9.17) is 9.47 Å². The Labute approximate surface area is 120 Å². The van der Waals surface area contributed by atoms with E-state index in [1.807, 2.05) is 12.1 Å². The maximum absolute atomic E-state index is 11.8. The van der Waals surface area contributed by atoms with Gasteiger partial charge >= 0.3 is 5.97 Å². The van der Waals surface area contributed by atoms with Gasteiger partial charge in [0.1, 0.15) is 12.3 Å². The number of carbonyl (C=O) groups excluding carboxylic acids is 1. The predicted molar refractivity (Wildman–Crippen MR) is 79.5 cm³/mol. The van der Waals surface area contributed by atoms with Gasteiger partial charge in [0.15, 0.2) is 0 Å². The van der Waals surface area contributed by atoms with Crippen molar-refractivity contribution in [2.45, 2.75) is 38.6 Å². The Bertz CT molecular complexity index is 510. The van der Waals surface area contributed by atoms with Crippen LogP contribution in [0.2, 0.25) is 0 Å². The van der Waals surface area contributed by atoms with Gasteiger partial charge in [-0.25, -0.2) is 0 Å². The molecular formula is C16H23NO3. The molecule has 0 bridgehead atoms. The third-order valence-electron chi connectivity index (χ3n) is 4.10. The Balaban J connectivity index is 2.54. The van der Waals surface area contributed by atoms with Crippen LogP contribution in [0.1, 0.15) is 38.7 Å². The molecule has 1 aliphatic rings. The van der Waals surface area contributed by atoms with E-state index in [0.29, 0.717) is 5.92 Å². The molecule has 1 aromatic rings. The number of hydrogen-bond acceptors (Lipinski definition) is 4. The minimum atomic E-state index is -0.232. The largest absolute Gasteiger partial charge is 0.495 e.